The maximum Gasteiger partial charge on any atom is 0.0954 e. The number of aromatic nitrogens is 2. The summed E-state index contributed by atoms with van der Waals surface area (Å²) in [4.78, 5) is 4.34. The van der Waals surface area contributed by atoms with E-state index < -0.39 is 0 Å². The standard InChI is InChI=1S/C17H25N3/c1-4-10-18-11-9-16-5-7-17(8-6-16)12-20-13-19-14(2)15(20)3/h5-8,13,18H,4,9-12H2,1-3H3. The van der Waals surface area contributed by atoms with Gasteiger partial charge in [0.1, 0.15) is 0 Å². The van der Waals surface area contributed by atoms with Gasteiger partial charge in [-0.3, -0.25) is 0 Å². The molecule has 0 aliphatic rings. The first kappa shape index (κ1) is 14.8. The molecule has 1 aromatic carbocycles. The number of imidazole rings is 1. The van der Waals surface area contributed by atoms with Gasteiger partial charge in [-0.05, 0) is 50.9 Å². The van der Waals surface area contributed by atoms with Crippen LogP contribution in [0.3, 0.4) is 0 Å². The maximum atomic E-state index is 4.34. The summed E-state index contributed by atoms with van der Waals surface area (Å²) in [6.45, 7) is 9.45. The largest absolute Gasteiger partial charge is 0.330 e. The Hall–Kier alpha value is -1.61. The van der Waals surface area contributed by atoms with Gasteiger partial charge in [0.05, 0.1) is 12.0 Å². The topological polar surface area (TPSA) is 29.9 Å². The molecule has 3 nitrogen and oxygen atoms in total. The van der Waals surface area contributed by atoms with Gasteiger partial charge >= 0.3 is 0 Å². The normalized spacial score (nSPS) is 10.9. The number of rotatable bonds is 7. The average Bonchev–Trinajstić information content (AvgIpc) is 2.77. The molecule has 0 saturated heterocycles. The van der Waals surface area contributed by atoms with E-state index in [0.29, 0.717) is 0 Å². The van der Waals surface area contributed by atoms with Crippen molar-refractivity contribution in [1.29, 1.82) is 0 Å². The molecule has 2 rings (SSSR count). The first-order chi connectivity index (χ1) is 9.70. The van der Waals surface area contributed by atoms with Gasteiger partial charge < -0.3 is 9.88 Å². The molecular formula is C17H25N3. The highest BCUT2D eigenvalue weighted by Crippen LogP contribution is 2.10. The lowest BCUT2D eigenvalue weighted by Gasteiger charge is -2.08. The van der Waals surface area contributed by atoms with Crippen molar-refractivity contribution >= 4 is 0 Å². The molecule has 0 radical (unpaired) electrons. The second-order valence-electron chi connectivity index (χ2n) is 5.36. The van der Waals surface area contributed by atoms with Gasteiger partial charge in [0.25, 0.3) is 0 Å². The molecule has 0 spiro atoms. The Morgan fingerprint density at radius 1 is 1.05 bits per heavy atom. The van der Waals surface area contributed by atoms with Crippen LogP contribution in [-0.2, 0) is 13.0 Å². The molecule has 0 saturated carbocycles. The molecule has 2 aromatic rings. The van der Waals surface area contributed by atoms with E-state index in [1.54, 1.807) is 0 Å². The van der Waals surface area contributed by atoms with Crippen molar-refractivity contribution in [3.05, 3.63) is 53.1 Å². The molecule has 3 heteroatoms. The number of nitrogens with zero attached hydrogens (tertiary/aromatic N) is 2. The van der Waals surface area contributed by atoms with E-state index in [1.807, 2.05) is 6.33 Å². The van der Waals surface area contributed by atoms with Crippen LogP contribution in [0, 0.1) is 13.8 Å². The van der Waals surface area contributed by atoms with Gasteiger partial charge in [-0.25, -0.2) is 4.98 Å². The summed E-state index contributed by atoms with van der Waals surface area (Å²) in [6.07, 6.45) is 4.22. The number of hydrogen-bond acceptors (Lipinski definition) is 2. The minimum Gasteiger partial charge on any atom is -0.330 e. The number of benzene rings is 1. The molecular weight excluding hydrogens is 246 g/mol. The van der Waals surface area contributed by atoms with Crippen LogP contribution in [0.5, 0.6) is 0 Å². The third-order valence-electron chi connectivity index (χ3n) is 3.74. The minimum absolute atomic E-state index is 0.904. The predicted octanol–water partition coefficient (Wildman–Crippen LogP) is 3.09. The van der Waals surface area contributed by atoms with Gasteiger partial charge in [-0.2, -0.15) is 0 Å². The van der Waals surface area contributed by atoms with E-state index in [4.69, 9.17) is 0 Å². The smallest absolute Gasteiger partial charge is 0.0954 e. The lowest BCUT2D eigenvalue weighted by atomic mass is 10.1. The third-order valence-corrected chi connectivity index (χ3v) is 3.74. The molecule has 20 heavy (non-hydrogen) atoms. The van der Waals surface area contributed by atoms with Crippen LogP contribution in [0.2, 0.25) is 0 Å². The highest BCUT2D eigenvalue weighted by molar-refractivity contribution is 5.24. The van der Waals surface area contributed by atoms with Gasteiger partial charge in [0.2, 0.25) is 0 Å². The van der Waals surface area contributed by atoms with Crippen molar-refractivity contribution in [3.63, 3.8) is 0 Å². The first-order valence-electron chi connectivity index (χ1n) is 7.47. The van der Waals surface area contributed by atoms with E-state index in [0.717, 1.165) is 31.7 Å². The van der Waals surface area contributed by atoms with Crippen LogP contribution in [0.25, 0.3) is 0 Å². The summed E-state index contributed by atoms with van der Waals surface area (Å²) in [7, 11) is 0. The van der Waals surface area contributed by atoms with Crippen molar-refractivity contribution in [3.8, 4) is 0 Å². The van der Waals surface area contributed by atoms with E-state index >= 15 is 0 Å². The fourth-order valence-electron chi connectivity index (χ4n) is 2.25. The number of nitrogens with one attached hydrogen (secondary N) is 1. The third kappa shape index (κ3) is 3.94. The molecule has 0 amide bonds. The molecule has 1 heterocycles. The molecule has 0 bridgehead atoms. The van der Waals surface area contributed by atoms with Crippen LogP contribution in [-0.4, -0.2) is 22.6 Å². The summed E-state index contributed by atoms with van der Waals surface area (Å²) in [5, 5.41) is 3.44. The van der Waals surface area contributed by atoms with Gasteiger partial charge in [0, 0.05) is 12.2 Å². The van der Waals surface area contributed by atoms with Crippen molar-refractivity contribution in [1.82, 2.24) is 14.9 Å². The molecule has 1 N–H and O–H groups in total. The number of aryl methyl sites for hydroxylation is 1. The Kier molecular flexibility index (Phi) is 5.36. The average molecular weight is 271 g/mol. The SMILES string of the molecule is CCCNCCc1ccc(Cn2cnc(C)c2C)cc1. The summed E-state index contributed by atoms with van der Waals surface area (Å²) in [5.41, 5.74) is 5.09. The molecule has 0 atom stereocenters. The van der Waals surface area contributed by atoms with E-state index in [-0.39, 0.29) is 0 Å². The Balaban J connectivity index is 1.89. The van der Waals surface area contributed by atoms with Crippen molar-refractivity contribution < 1.29 is 0 Å². The lowest BCUT2D eigenvalue weighted by Crippen LogP contribution is -2.17. The molecule has 0 fully saturated rings. The van der Waals surface area contributed by atoms with Crippen molar-refractivity contribution in [2.24, 2.45) is 0 Å². The second-order valence-corrected chi connectivity index (χ2v) is 5.36. The first-order valence-corrected chi connectivity index (χ1v) is 7.47. The summed E-state index contributed by atoms with van der Waals surface area (Å²) in [5.74, 6) is 0. The summed E-state index contributed by atoms with van der Waals surface area (Å²) >= 11 is 0. The zero-order valence-corrected chi connectivity index (χ0v) is 12.8. The maximum absolute atomic E-state index is 4.34. The fraction of sp³-hybridized carbons (Fsp3) is 0.471. The van der Waals surface area contributed by atoms with Crippen LogP contribution >= 0.6 is 0 Å². The van der Waals surface area contributed by atoms with Crippen LogP contribution in [0.15, 0.2) is 30.6 Å². The van der Waals surface area contributed by atoms with E-state index in [9.17, 15) is 0 Å². The predicted molar refractivity (Wildman–Crippen MR) is 84.1 cm³/mol. The fourth-order valence-corrected chi connectivity index (χ4v) is 2.25. The summed E-state index contributed by atoms with van der Waals surface area (Å²) < 4.78 is 2.20. The quantitative estimate of drug-likeness (QED) is 0.784. The Labute approximate surface area is 122 Å². The molecule has 0 aliphatic heterocycles. The van der Waals surface area contributed by atoms with Gasteiger partial charge in [0.15, 0.2) is 0 Å². The second kappa shape index (κ2) is 7.25. The molecule has 1 aromatic heterocycles. The van der Waals surface area contributed by atoms with E-state index in [2.05, 4.69) is 59.9 Å². The van der Waals surface area contributed by atoms with Crippen LogP contribution in [0.1, 0.15) is 35.9 Å². The molecule has 0 aliphatic carbocycles. The number of hydrogen-bond donors (Lipinski definition) is 1. The van der Waals surface area contributed by atoms with Gasteiger partial charge in [-0.15, -0.1) is 0 Å². The van der Waals surface area contributed by atoms with E-state index in [1.165, 1.54) is 23.2 Å². The summed E-state index contributed by atoms with van der Waals surface area (Å²) in [6, 6.07) is 8.93. The van der Waals surface area contributed by atoms with Crippen molar-refractivity contribution in [2.75, 3.05) is 13.1 Å². The molecule has 0 unspecified atom stereocenters. The Bertz CT molecular complexity index is 526. The minimum atomic E-state index is 0.904. The van der Waals surface area contributed by atoms with Crippen molar-refractivity contribution in [2.45, 2.75) is 40.2 Å². The monoisotopic (exact) mass is 271 g/mol. The Morgan fingerprint density at radius 3 is 2.35 bits per heavy atom. The molecule has 108 valence electrons. The highest BCUT2D eigenvalue weighted by atomic mass is 15.0. The van der Waals surface area contributed by atoms with Crippen LogP contribution < -0.4 is 5.32 Å². The van der Waals surface area contributed by atoms with Crippen LogP contribution in [0.4, 0.5) is 0 Å². The lowest BCUT2D eigenvalue weighted by molar-refractivity contribution is 0.671. The zero-order chi connectivity index (χ0) is 14.4. The highest BCUT2D eigenvalue weighted by Gasteiger charge is 2.02. The zero-order valence-electron chi connectivity index (χ0n) is 12.8. The van der Waals surface area contributed by atoms with Gasteiger partial charge in [-0.1, -0.05) is 31.2 Å². The Morgan fingerprint density at radius 2 is 1.75 bits per heavy atom.